The molecule has 3 rings (SSSR count). The molecular weight excluding hydrogens is 272 g/mol. The van der Waals surface area contributed by atoms with Crippen LogP contribution >= 0.6 is 0 Å². The van der Waals surface area contributed by atoms with Crippen molar-refractivity contribution < 1.29 is 8.42 Å². The zero-order chi connectivity index (χ0) is 14.3. The topological polar surface area (TPSA) is 63.4 Å². The van der Waals surface area contributed by atoms with Crippen molar-refractivity contribution in [2.24, 2.45) is 11.7 Å². The molecule has 0 amide bonds. The summed E-state index contributed by atoms with van der Waals surface area (Å²) in [6.07, 6.45) is 3.94. The van der Waals surface area contributed by atoms with Gasteiger partial charge in [0, 0.05) is 12.6 Å². The van der Waals surface area contributed by atoms with Gasteiger partial charge in [-0.2, -0.15) is 0 Å². The Morgan fingerprint density at radius 1 is 1.40 bits per heavy atom. The molecule has 1 fully saturated rings. The lowest BCUT2D eigenvalue weighted by atomic mass is 9.98. The van der Waals surface area contributed by atoms with Crippen molar-refractivity contribution in [3.8, 4) is 0 Å². The van der Waals surface area contributed by atoms with Gasteiger partial charge in [0.2, 0.25) is 10.0 Å². The van der Waals surface area contributed by atoms with Gasteiger partial charge in [-0.1, -0.05) is 12.1 Å². The van der Waals surface area contributed by atoms with Crippen LogP contribution in [-0.4, -0.2) is 20.7 Å². The lowest BCUT2D eigenvalue weighted by Gasteiger charge is -2.31. The van der Waals surface area contributed by atoms with E-state index in [1.54, 1.807) is 4.31 Å². The Balaban J connectivity index is 1.93. The number of benzene rings is 1. The van der Waals surface area contributed by atoms with Crippen LogP contribution in [0.15, 0.2) is 18.2 Å². The summed E-state index contributed by atoms with van der Waals surface area (Å²) in [5, 5.41) is 0. The van der Waals surface area contributed by atoms with Gasteiger partial charge in [-0.05, 0) is 55.7 Å². The van der Waals surface area contributed by atoms with Crippen LogP contribution in [0.1, 0.15) is 43.4 Å². The molecule has 1 atom stereocenters. The molecule has 0 spiro atoms. The molecule has 0 aromatic heterocycles. The molecule has 110 valence electrons. The van der Waals surface area contributed by atoms with Crippen LogP contribution < -0.4 is 10.0 Å². The Hall–Kier alpha value is -1.07. The molecular formula is C15H22N2O2S. The van der Waals surface area contributed by atoms with Crippen molar-refractivity contribution in [2.45, 2.75) is 38.6 Å². The summed E-state index contributed by atoms with van der Waals surface area (Å²) in [5.74, 6) is 0.690. The number of rotatable bonds is 4. The van der Waals surface area contributed by atoms with Crippen molar-refractivity contribution >= 4 is 15.7 Å². The van der Waals surface area contributed by atoms with Crippen LogP contribution in [0.25, 0.3) is 0 Å². The van der Waals surface area contributed by atoms with Gasteiger partial charge >= 0.3 is 0 Å². The molecule has 2 N–H and O–H groups in total. The van der Waals surface area contributed by atoms with Crippen LogP contribution in [0, 0.1) is 5.92 Å². The molecule has 0 radical (unpaired) electrons. The van der Waals surface area contributed by atoms with Gasteiger partial charge < -0.3 is 5.73 Å². The van der Waals surface area contributed by atoms with E-state index in [4.69, 9.17) is 5.73 Å². The summed E-state index contributed by atoms with van der Waals surface area (Å²) in [5.41, 5.74) is 8.96. The standard InChI is InChI=1S/C15H22N2O2S/c1-11(16)13-6-7-15-14(9-13)3-2-8-17(15)20(18,19)10-12-4-5-12/h6-7,9,11-12H,2-5,8,10,16H2,1H3. The average Bonchev–Trinajstić information content (AvgIpc) is 3.20. The number of hydrogen-bond donors (Lipinski definition) is 1. The van der Waals surface area contributed by atoms with Gasteiger partial charge in [-0.3, -0.25) is 4.31 Å². The van der Waals surface area contributed by atoms with Crippen molar-refractivity contribution in [3.05, 3.63) is 29.3 Å². The number of aryl methyl sites for hydroxylation is 1. The van der Waals surface area contributed by atoms with Crippen LogP contribution in [0.5, 0.6) is 0 Å². The Morgan fingerprint density at radius 3 is 2.80 bits per heavy atom. The summed E-state index contributed by atoms with van der Waals surface area (Å²) in [7, 11) is -3.16. The smallest absolute Gasteiger partial charge is 0.235 e. The Morgan fingerprint density at radius 2 is 2.15 bits per heavy atom. The Labute approximate surface area is 121 Å². The average molecular weight is 294 g/mol. The second-order valence-electron chi connectivity index (χ2n) is 6.07. The fourth-order valence-electron chi connectivity index (χ4n) is 2.83. The summed E-state index contributed by atoms with van der Waals surface area (Å²) < 4.78 is 26.7. The molecule has 1 unspecified atom stereocenters. The maximum Gasteiger partial charge on any atom is 0.235 e. The monoisotopic (exact) mass is 294 g/mol. The molecule has 1 saturated carbocycles. The van der Waals surface area contributed by atoms with Gasteiger partial charge in [0.1, 0.15) is 0 Å². The summed E-state index contributed by atoms with van der Waals surface area (Å²) in [4.78, 5) is 0. The predicted molar refractivity (Wildman–Crippen MR) is 81.2 cm³/mol. The Kier molecular flexibility index (Phi) is 3.50. The SMILES string of the molecule is CC(N)c1ccc2c(c1)CCCN2S(=O)(=O)CC1CC1. The number of nitrogens with two attached hydrogens (primary N) is 1. The highest BCUT2D eigenvalue weighted by molar-refractivity contribution is 7.92. The predicted octanol–water partition coefficient (Wildman–Crippen LogP) is 2.20. The van der Waals surface area contributed by atoms with Gasteiger partial charge in [-0.15, -0.1) is 0 Å². The molecule has 1 aromatic rings. The number of nitrogens with zero attached hydrogens (tertiary/aromatic N) is 1. The number of anilines is 1. The van der Waals surface area contributed by atoms with E-state index in [1.165, 1.54) is 0 Å². The third-order valence-electron chi connectivity index (χ3n) is 4.18. The van der Waals surface area contributed by atoms with E-state index in [9.17, 15) is 8.42 Å². The molecule has 1 aliphatic heterocycles. The fourth-order valence-corrected chi connectivity index (χ4v) is 4.82. The van der Waals surface area contributed by atoms with Crippen LogP contribution in [0.4, 0.5) is 5.69 Å². The molecule has 1 aromatic carbocycles. The van der Waals surface area contributed by atoms with E-state index in [0.29, 0.717) is 18.2 Å². The molecule has 5 heteroatoms. The van der Waals surface area contributed by atoms with Crippen molar-refractivity contribution in [3.63, 3.8) is 0 Å². The van der Waals surface area contributed by atoms with Gasteiger partial charge in [0.25, 0.3) is 0 Å². The number of hydrogen-bond acceptors (Lipinski definition) is 3. The van der Waals surface area contributed by atoms with E-state index in [-0.39, 0.29) is 6.04 Å². The van der Waals surface area contributed by atoms with Gasteiger partial charge in [0.15, 0.2) is 0 Å². The molecule has 1 heterocycles. The van der Waals surface area contributed by atoms with Gasteiger partial charge in [0.05, 0.1) is 11.4 Å². The molecule has 2 aliphatic rings. The lowest BCUT2D eigenvalue weighted by Crippen LogP contribution is -2.37. The highest BCUT2D eigenvalue weighted by Gasteiger charge is 2.34. The lowest BCUT2D eigenvalue weighted by molar-refractivity contribution is 0.582. The minimum absolute atomic E-state index is 0.0150. The first-order chi connectivity index (χ1) is 9.47. The molecule has 0 bridgehead atoms. The van der Waals surface area contributed by atoms with Crippen molar-refractivity contribution in [1.82, 2.24) is 0 Å². The van der Waals surface area contributed by atoms with Crippen molar-refractivity contribution in [2.75, 3.05) is 16.6 Å². The van der Waals surface area contributed by atoms with E-state index < -0.39 is 10.0 Å². The second-order valence-corrected chi connectivity index (χ2v) is 8.01. The van der Waals surface area contributed by atoms with Crippen molar-refractivity contribution in [1.29, 1.82) is 0 Å². The third kappa shape index (κ3) is 2.69. The summed E-state index contributed by atoms with van der Waals surface area (Å²) >= 11 is 0. The minimum atomic E-state index is -3.16. The van der Waals surface area contributed by atoms with Crippen LogP contribution in [0.3, 0.4) is 0 Å². The highest BCUT2D eigenvalue weighted by Crippen LogP contribution is 2.35. The fraction of sp³-hybridized carbons (Fsp3) is 0.600. The molecule has 20 heavy (non-hydrogen) atoms. The summed E-state index contributed by atoms with van der Waals surface area (Å²) in [6.45, 7) is 2.56. The largest absolute Gasteiger partial charge is 0.324 e. The van der Waals surface area contributed by atoms with E-state index in [2.05, 4.69) is 6.07 Å². The number of fused-ring (bicyclic) bond motifs is 1. The first-order valence-corrected chi connectivity index (χ1v) is 8.97. The third-order valence-corrected chi connectivity index (χ3v) is 6.13. The van der Waals surface area contributed by atoms with E-state index >= 15 is 0 Å². The zero-order valence-corrected chi connectivity index (χ0v) is 12.7. The molecule has 0 saturated heterocycles. The zero-order valence-electron chi connectivity index (χ0n) is 11.9. The first-order valence-electron chi connectivity index (χ1n) is 7.36. The highest BCUT2D eigenvalue weighted by atomic mass is 32.2. The van der Waals surface area contributed by atoms with E-state index in [0.717, 1.165) is 42.5 Å². The second kappa shape index (κ2) is 5.04. The molecule has 4 nitrogen and oxygen atoms in total. The minimum Gasteiger partial charge on any atom is -0.324 e. The maximum atomic E-state index is 12.5. The molecule has 1 aliphatic carbocycles. The normalized spacial score (nSPS) is 20.6. The first kappa shape index (κ1) is 13.9. The maximum absolute atomic E-state index is 12.5. The quantitative estimate of drug-likeness (QED) is 0.926. The summed E-state index contributed by atoms with van der Waals surface area (Å²) in [6, 6.07) is 5.93. The van der Waals surface area contributed by atoms with Crippen LogP contribution in [-0.2, 0) is 16.4 Å². The van der Waals surface area contributed by atoms with E-state index in [1.807, 2.05) is 19.1 Å². The van der Waals surface area contributed by atoms with Crippen LogP contribution in [0.2, 0.25) is 0 Å². The van der Waals surface area contributed by atoms with Gasteiger partial charge in [-0.25, -0.2) is 8.42 Å². The Bertz CT molecular complexity index is 606. The number of sulfonamides is 1.